The smallest absolute Gasteiger partial charge is 0.386 e. The Hall–Kier alpha value is -3.29. The third-order valence-corrected chi connectivity index (χ3v) is 19.9. The Labute approximate surface area is 432 Å². The zero-order chi connectivity index (χ0) is 54.2. The fraction of sp³-hybridized carbons (Fsp3) is 0.711. The molecule has 2 aromatic heterocycles. The molecule has 5 aliphatic rings. The molecule has 2 saturated carbocycles. The summed E-state index contributed by atoms with van der Waals surface area (Å²) in [7, 11) is -16.5. The third-order valence-electron chi connectivity index (χ3n) is 15.8. The molecule has 0 aromatic carbocycles. The predicted molar refractivity (Wildman–Crippen MR) is 266 cm³/mol. The van der Waals surface area contributed by atoms with E-state index in [-0.39, 0.29) is 58.2 Å². The van der Waals surface area contributed by atoms with Gasteiger partial charge in [-0.1, -0.05) is 58.5 Å². The summed E-state index contributed by atoms with van der Waals surface area (Å²) in [5, 5.41) is 26.9. The van der Waals surface area contributed by atoms with Crippen LogP contribution >= 0.6 is 35.2 Å². The number of phosphoric ester groups is 3. The van der Waals surface area contributed by atoms with Crippen molar-refractivity contribution in [1.82, 2.24) is 30.2 Å². The maximum absolute atomic E-state index is 12.9. The van der Waals surface area contributed by atoms with E-state index < -0.39 is 84.6 Å². The first-order valence-corrected chi connectivity index (χ1v) is 30.0. The van der Waals surface area contributed by atoms with Gasteiger partial charge in [0.15, 0.2) is 28.6 Å². The van der Waals surface area contributed by atoms with E-state index in [4.69, 9.17) is 19.5 Å². The second kappa shape index (κ2) is 23.0. The molecule has 412 valence electrons. The van der Waals surface area contributed by atoms with Crippen molar-refractivity contribution >= 4 is 74.9 Å². The number of aliphatic hydroxyl groups excluding tert-OH is 2. The van der Waals surface area contributed by atoms with Crippen LogP contribution in [0, 0.1) is 45.8 Å². The second-order valence-electron chi connectivity index (χ2n) is 21.2. The van der Waals surface area contributed by atoms with Gasteiger partial charge in [0.05, 0.1) is 19.5 Å². The van der Waals surface area contributed by atoms with Crippen molar-refractivity contribution < 1.29 is 85.3 Å². The van der Waals surface area contributed by atoms with Gasteiger partial charge >= 0.3 is 23.5 Å². The van der Waals surface area contributed by atoms with E-state index in [1.807, 2.05) is 6.08 Å². The molecule has 4 aliphatic carbocycles. The molecule has 29 heteroatoms. The number of anilines is 1. The maximum Gasteiger partial charge on any atom is 0.481 e. The van der Waals surface area contributed by atoms with Crippen LogP contribution in [0.25, 0.3) is 11.2 Å². The molecule has 0 bridgehead atoms. The SMILES string of the molecule is C[C@H](CCC(=O)SCCNC(=O)CCNC(=O)[C@H](O)C(C)(C)COP(=O)(O)OP(=O)(O)OC[C@H]1O[C@@H](n2cnc3c(N)ncnc32)[C@H](O)[C@@H]1OP(=O)(O)O)[C@H]1CC[C@H]2[C@@H]3C=CC4=CC(=O)CC[C@]4(C)[C@H]3CC[C@]12C. The number of ketones is 1. The molecule has 25 nitrogen and oxygen atoms in total. The van der Waals surface area contributed by atoms with Crippen molar-refractivity contribution in [2.24, 2.45) is 45.8 Å². The zero-order valence-corrected chi connectivity index (χ0v) is 45.3. The van der Waals surface area contributed by atoms with Crippen LogP contribution in [0.15, 0.2) is 36.5 Å². The van der Waals surface area contributed by atoms with Crippen molar-refractivity contribution in [3.8, 4) is 0 Å². The third kappa shape index (κ3) is 13.3. The molecule has 1 saturated heterocycles. The largest absolute Gasteiger partial charge is 0.481 e. The molecule has 0 spiro atoms. The van der Waals surface area contributed by atoms with Crippen LogP contribution in [0.3, 0.4) is 0 Å². The number of nitrogens with zero attached hydrogens (tertiary/aromatic N) is 4. The van der Waals surface area contributed by atoms with Crippen LogP contribution in [0.4, 0.5) is 5.82 Å². The number of hydrogen-bond acceptors (Lipinski definition) is 19. The van der Waals surface area contributed by atoms with Crippen LogP contribution in [0.5, 0.6) is 0 Å². The Kier molecular flexibility index (Phi) is 18.1. The second-order valence-corrected chi connectivity index (χ2v) is 26.6. The van der Waals surface area contributed by atoms with Crippen LogP contribution in [0.1, 0.15) is 98.6 Å². The number of carbonyl (C=O) groups excluding carboxylic acids is 4. The van der Waals surface area contributed by atoms with E-state index in [1.54, 1.807) is 0 Å². The number of nitrogens with one attached hydrogen (secondary N) is 2. The minimum atomic E-state index is -5.59. The van der Waals surface area contributed by atoms with Gasteiger partial charge in [-0.15, -0.1) is 0 Å². The lowest BCUT2D eigenvalue weighted by Gasteiger charge is -2.56. The summed E-state index contributed by atoms with van der Waals surface area (Å²) in [6.45, 7) is 7.61. The maximum atomic E-state index is 12.9. The molecule has 2 unspecified atom stereocenters. The molecule has 3 fully saturated rings. The van der Waals surface area contributed by atoms with Crippen molar-refractivity contribution in [2.45, 2.75) is 123 Å². The fourth-order valence-electron chi connectivity index (χ4n) is 11.9. The first kappa shape index (κ1) is 58.4. The Balaban J connectivity index is 0.779. The minimum absolute atomic E-state index is 0.0300. The van der Waals surface area contributed by atoms with Gasteiger partial charge in [0.2, 0.25) is 11.8 Å². The first-order valence-electron chi connectivity index (χ1n) is 24.5. The Bertz CT molecular complexity index is 2650. The minimum Gasteiger partial charge on any atom is -0.386 e. The van der Waals surface area contributed by atoms with Gasteiger partial charge in [0, 0.05) is 43.5 Å². The molecule has 74 heavy (non-hydrogen) atoms. The molecule has 14 atom stereocenters. The van der Waals surface area contributed by atoms with E-state index in [0.717, 1.165) is 61.1 Å². The lowest BCUT2D eigenvalue weighted by atomic mass is 9.48. The van der Waals surface area contributed by atoms with Crippen LogP contribution < -0.4 is 16.4 Å². The van der Waals surface area contributed by atoms with E-state index in [2.05, 4.69) is 67.3 Å². The number of carbonyl (C=O) groups is 4. The Morgan fingerprint density at radius 3 is 2.46 bits per heavy atom. The van der Waals surface area contributed by atoms with Gasteiger partial charge in [0.1, 0.15) is 36.3 Å². The highest BCUT2D eigenvalue weighted by Crippen LogP contribution is 2.67. The molecule has 0 radical (unpaired) electrons. The van der Waals surface area contributed by atoms with Gasteiger partial charge in [0.25, 0.3) is 0 Å². The highest BCUT2D eigenvalue weighted by Gasteiger charge is 2.59. The summed E-state index contributed by atoms with van der Waals surface area (Å²) in [6, 6.07) is 0. The molecule has 2 amide bonds. The van der Waals surface area contributed by atoms with E-state index in [0.29, 0.717) is 48.2 Å². The summed E-state index contributed by atoms with van der Waals surface area (Å²) < 4.78 is 62.7. The number of amides is 2. The lowest BCUT2D eigenvalue weighted by molar-refractivity contribution is -0.137. The number of fused-ring (bicyclic) bond motifs is 6. The standard InChI is InChI=1S/C45H68N7O18P3S/c1-25(29-9-10-30-28-8-7-26-20-27(53)12-15-44(26,4)31(28)13-16-45(29,30)5)6-11-34(55)74-19-18-47-33(54)14-17-48-41(58)38(57)43(2,3)22-67-73(64,65)70-72(62,63)66-21-32-37(69-71(59,60)61)36(56)42(68-32)52-24-51-35-39(46)49-23-50-40(35)52/h7-8,20,23-25,28-32,36-38,42,56-57H,6,9-19,21-22H2,1-5H3,(H,47,54)(H,48,58)(H,62,63)(H,64,65)(H2,46,49,50)(H2,59,60,61)/t25-,28+,29-,30+,31+,32-,36-,37-,38+,42-,44+,45-/m1/s1. The summed E-state index contributed by atoms with van der Waals surface area (Å²) in [4.78, 5) is 102. The number of nitrogens with two attached hydrogens (primary N) is 1. The molecular weight excluding hydrogens is 1050 g/mol. The number of thioether (sulfide) groups is 1. The number of rotatable bonds is 23. The number of ether oxygens (including phenoxy) is 1. The zero-order valence-electron chi connectivity index (χ0n) is 41.8. The average molecular weight is 1120 g/mol. The summed E-state index contributed by atoms with van der Waals surface area (Å²) in [5.41, 5.74) is 5.74. The number of aliphatic hydroxyl groups is 2. The Morgan fingerprint density at radius 2 is 1.73 bits per heavy atom. The molecule has 10 N–H and O–H groups in total. The monoisotopic (exact) mass is 1120 g/mol. The topological polar surface area (TPSA) is 381 Å². The highest BCUT2D eigenvalue weighted by molar-refractivity contribution is 8.13. The van der Waals surface area contributed by atoms with Gasteiger partial charge in [-0.25, -0.2) is 28.6 Å². The van der Waals surface area contributed by atoms with Crippen LogP contribution in [-0.4, -0.2) is 128 Å². The van der Waals surface area contributed by atoms with Gasteiger partial charge in [-0.3, -0.25) is 37.3 Å². The molecule has 7 rings (SSSR count). The number of hydrogen-bond donors (Lipinski definition) is 9. The quantitative estimate of drug-likeness (QED) is 0.0560. The molecule has 2 aromatic rings. The van der Waals surface area contributed by atoms with Crippen molar-refractivity contribution in [3.63, 3.8) is 0 Å². The van der Waals surface area contributed by atoms with E-state index in [1.165, 1.54) is 25.8 Å². The number of allylic oxidation sites excluding steroid dienone is 4. The summed E-state index contributed by atoms with van der Waals surface area (Å²) in [5.74, 6) is 1.71. The van der Waals surface area contributed by atoms with Crippen LogP contribution in [-0.2, 0) is 55.5 Å². The summed E-state index contributed by atoms with van der Waals surface area (Å²) >= 11 is 1.16. The summed E-state index contributed by atoms with van der Waals surface area (Å²) in [6.07, 6.45) is 6.95. The van der Waals surface area contributed by atoms with Gasteiger partial charge in [-0.2, -0.15) is 4.31 Å². The van der Waals surface area contributed by atoms with Crippen molar-refractivity contribution in [1.29, 1.82) is 0 Å². The normalized spacial score (nSPS) is 31.3. The number of aromatic nitrogens is 4. The van der Waals surface area contributed by atoms with Crippen molar-refractivity contribution in [3.05, 3.63) is 36.5 Å². The van der Waals surface area contributed by atoms with Gasteiger partial charge < -0.3 is 50.9 Å². The lowest BCUT2D eigenvalue weighted by Crippen LogP contribution is -2.49. The predicted octanol–water partition coefficient (Wildman–Crippen LogP) is 4.01. The van der Waals surface area contributed by atoms with Crippen molar-refractivity contribution in [2.75, 3.05) is 37.8 Å². The molecule has 3 heterocycles. The van der Waals surface area contributed by atoms with Gasteiger partial charge in [-0.05, 0) is 90.6 Å². The molecular formula is C45H68N7O18P3S. The first-order chi connectivity index (χ1) is 34.5. The van der Waals surface area contributed by atoms with E-state index >= 15 is 0 Å². The fourth-order valence-corrected chi connectivity index (χ4v) is 15.4. The number of imidazole rings is 1. The number of nitrogen functional groups attached to an aromatic ring is 1. The molecule has 1 aliphatic heterocycles. The average Bonchev–Trinajstić information content (AvgIpc) is 4.00. The highest BCUT2D eigenvalue weighted by atomic mass is 32.2. The Morgan fingerprint density at radius 1 is 1.00 bits per heavy atom. The van der Waals surface area contributed by atoms with E-state index in [9.17, 15) is 62.7 Å². The number of phosphoric acid groups is 3. The van der Waals surface area contributed by atoms with Crippen LogP contribution in [0.2, 0.25) is 0 Å².